The predicted molar refractivity (Wildman–Crippen MR) is 95.2 cm³/mol. The summed E-state index contributed by atoms with van der Waals surface area (Å²) in [6.07, 6.45) is -0.855. The van der Waals surface area contributed by atoms with Crippen molar-refractivity contribution in [3.8, 4) is 0 Å². The number of benzene rings is 2. The smallest absolute Gasteiger partial charge is 0.295 e. The number of rotatable bonds is 2. The molecule has 1 N–H and O–H groups in total. The summed E-state index contributed by atoms with van der Waals surface area (Å²) in [6, 6.07) is 10.7. The number of alkyl halides is 2. The maximum Gasteiger partial charge on any atom is 0.295 e. The van der Waals surface area contributed by atoms with Gasteiger partial charge in [-0.3, -0.25) is 4.79 Å². The number of halogens is 3. The third-order valence-corrected chi connectivity index (χ3v) is 4.85. The van der Waals surface area contributed by atoms with E-state index in [1.165, 1.54) is 0 Å². The van der Waals surface area contributed by atoms with Gasteiger partial charge in [-0.1, -0.05) is 15.9 Å². The van der Waals surface area contributed by atoms with Crippen LogP contribution in [0.4, 0.5) is 14.5 Å². The molecule has 1 aliphatic heterocycles. The minimum absolute atomic E-state index is 0.140. The van der Waals surface area contributed by atoms with Crippen LogP contribution in [0.15, 0.2) is 40.9 Å². The third-order valence-electron chi connectivity index (χ3n) is 4.36. The van der Waals surface area contributed by atoms with Gasteiger partial charge in [0.2, 0.25) is 0 Å². The van der Waals surface area contributed by atoms with E-state index in [0.717, 1.165) is 28.6 Å². The van der Waals surface area contributed by atoms with Gasteiger partial charge in [0, 0.05) is 22.3 Å². The number of hydrogen-bond donors (Lipinski definition) is 1. The normalized spacial score (nSPS) is 14.2. The number of carbonyl (C=O) groups is 1. The Morgan fingerprint density at radius 2 is 2.08 bits per heavy atom. The molecule has 4 rings (SSSR count). The Hall–Kier alpha value is -2.28. The van der Waals surface area contributed by atoms with E-state index in [1.807, 2.05) is 18.2 Å². The lowest BCUT2D eigenvalue weighted by Gasteiger charge is -2.29. The molecule has 7 heteroatoms. The van der Waals surface area contributed by atoms with Gasteiger partial charge in [0.1, 0.15) is 0 Å². The van der Waals surface area contributed by atoms with Crippen molar-refractivity contribution in [3.63, 3.8) is 0 Å². The highest BCUT2D eigenvalue weighted by molar-refractivity contribution is 9.10. The number of aromatic nitrogens is 2. The number of nitrogens with one attached hydrogen (secondary N) is 1. The Bertz CT molecular complexity index is 970. The fourth-order valence-corrected chi connectivity index (χ4v) is 3.61. The molecule has 1 amide bonds. The quantitative estimate of drug-likeness (QED) is 0.661. The summed E-state index contributed by atoms with van der Waals surface area (Å²) in [5.41, 5.74) is 3.34. The number of aromatic amines is 1. The molecule has 128 valence electrons. The Morgan fingerprint density at radius 1 is 1.24 bits per heavy atom. The molecule has 0 bridgehead atoms. The topological polar surface area (TPSA) is 49.0 Å². The highest BCUT2D eigenvalue weighted by Gasteiger charge is 2.24. The number of anilines is 1. The van der Waals surface area contributed by atoms with Crippen LogP contribution in [0, 0.1) is 0 Å². The first kappa shape index (κ1) is 16.2. The number of hydrogen-bond acceptors (Lipinski definition) is 2. The van der Waals surface area contributed by atoms with Gasteiger partial charge in [-0.25, -0.2) is 13.8 Å². The molecule has 0 spiro atoms. The fourth-order valence-electron chi connectivity index (χ4n) is 3.20. The minimum atomic E-state index is -2.67. The number of H-pyrrole nitrogens is 1. The highest BCUT2D eigenvalue weighted by Crippen LogP contribution is 2.31. The summed E-state index contributed by atoms with van der Waals surface area (Å²) in [7, 11) is 0. The van der Waals surface area contributed by atoms with Crippen molar-refractivity contribution in [2.45, 2.75) is 19.3 Å². The largest absolute Gasteiger partial charge is 0.337 e. The van der Waals surface area contributed by atoms with Crippen LogP contribution in [0.3, 0.4) is 0 Å². The van der Waals surface area contributed by atoms with Gasteiger partial charge in [-0.05, 0) is 54.8 Å². The monoisotopic (exact) mass is 405 g/mol. The lowest BCUT2D eigenvalue weighted by molar-refractivity contribution is 0.0985. The summed E-state index contributed by atoms with van der Waals surface area (Å²) in [5, 5.41) is 0. The molecule has 0 saturated carbocycles. The first-order valence-electron chi connectivity index (χ1n) is 7.91. The van der Waals surface area contributed by atoms with Gasteiger partial charge < -0.3 is 9.88 Å². The van der Waals surface area contributed by atoms with Crippen LogP contribution in [-0.2, 0) is 6.42 Å². The van der Waals surface area contributed by atoms with Crippen LogP contribution in [0.1, 0.15) is 34.6 Å². The Labute approximate surface area is 151 Å². The molecular weight excluding hydrogens is 392 g/mol. The van der Waals surface area contributed by atoms with Gasteiger partial charge in [0.15, 0.2) is 5.82 Å². The lowest BCUT2D eigenvalue weighted by Crippen LogP contribution is -2.35. The maximum absolute atomic E-state index is 13.0. The molecule has 0 aliphatic carbocycles. The van der Waals surface area contributed by atoms with Gasteiger partial charge in [-0.2, -0.15) is 0 Å². The molecule has 25 heavy (non-hydrogen) atoms. The van der Waals surface area contributed by atoms with E-state index >= 15 is 0 Å². The molecule has 0 fully saturated rings. The second-order valence-electron chi connectivity index (χ2n) is 5.99. The van der Waals surface area contributed by atoms with Gasteiger partial charge >= 0.3 is 0 Å². The van der Waals surface area contributed by atoms with Crippen LogP contribution in [0.25, 0.3) is 11.0 Å². The van der Waals surface area contributed by atoms with Crippen molar-refractivity contribution < 1.29 is 13.6 Å². The summed E-state index contributed by atoms with van der Waals surface area (Å²) >= 11 is 3.46. The molecule has 2 aromatic carbocycles. The van der Waals surface area contributed by atoms with Crippen molar-refractivity contribution in [2.24, 2.45) is 0 Å². The van der Waals surface area contributed by atoms with E-state index in [9.17, 15) is 13.6 Å². The summed E-state index contributed by atoms with van der Waals surface area (Å²) in [5.74, 6) is -0.522. The van der Waals surface area contributed by atoms with E-state index < -0.39 is 6.43 Å². The van der Waals surface area contributed by atoms with E-state index in [4.69, 9.17) is 0 Å². The Kier molecular flexibility index (Phi) is 4.03. The highest BCUT2D eigenvalue weighted by atomic mass is 79.9. The van der Waals surface area contributed by atoms with E-state index in [1.54, 1.807) is 23.1 Å². The molecule has 2 heterocycles. The zero-order valence-corrected chi connectivity index (χ0v) is 14.7. The van der Waals surface area contributed by atoms with Gasteiger partial charge in [0.05, 0.1) is 11.0 Å². The van der Waals surface area contributed by atoms with E-state index in [0.29, 0.717) is 23.1 Å². The number of carbonyl (C=O) groups excluding carboxylic acids is 1. The zero-order chi connectivity index (χ0) is 17.6. The molecule has 0 atom stereocenters. The molecule has 1 aromatic heterocycles. The van der Waals surface area contributed by atoms with E-state index in [-0.39, 0.29) is 11.7 Å². The Balaban J connectivity index is 1.71. The summed E-state index contributed by atoms with van der Waals surface area (Å²) in [6.45, 7) is 0.636. The average Bonchev–Trinajstić information content (AvgIpc) is 3.04. The summed E-state index contributed by atoms with van der Waals surface area (Å²) < 4.78 is 26.5. The van der Waals surface area contributed by atoms with E-state index in [2.05, 4.69) is 25.9 Å². The second kappa shape index (κ2) is 6.22. The van der Waals surface area contributed by atoms with Crippen molar-refractivity contribution in [1.82, 2.24) is 9.97 Å². The fraction of sp³-hybridized carbons (Fsp3) is 0.222. The first-order valence-corrected chi connectivity index (χ1v) is 8.70. The van der Waals surface area contributed by atoms with Crippen molar-refractivity contribution in [1.29, 1.82) is 0 Å². The van der Waals surface area contributed by atoms with Crippen LogP contribution in [0.5, 0.6) is 0 Å². The van der Waals surface area contributed by atoms with Crippen LogP contribution >= 0.6 is 15.9 Å². The van der Waals surface area contributed by atoms with Crippen LogP contribution in [-0.4, -0.2) is 22.4 Å². The number of fused-ring (bicyclic) bond motifs is 2. The molecule has 0 unspecified atom stereocenters. The molecule has 4 nitrogen and oxygen atoms in total. The molecule has 0 saturated heterocycles. The standard InChI is InChI=1S/C18H14BrF2N3O/c19-12-4-6-15-10(8-12)2-1-7-24(15)18(25)11-3-5-13-14(9-11)23-17(22-13)16(20)21/h3-6,8-9,16H,1-2,7H2,(H,22,23). The average molecular weight is 406 g/mol. The molecule has 0 radical (unpaired) electrons. The maximum atomic E-state index is 13.0. The van der Waals surface area contributed by atoms with Crippen molar-refractivity contribution in [3.05, 3.63) is 57.8 Å². The summed E-state index contributed by atoms with van der Waals surface area (Å²) in [4.78, 5) is 21.1. The molecule has 1 aliphatic rings. The molecule has 3 aromatic rings. The SMILES string of the molecule is O=C(c1ccc2nc(C(F)F)[nH]c2c1)N1CCCc2cc(Br)ccc21. The predicted octanol–water partition coefficient (Wildman–Crippen LogP) is 4.86. The second-order valence-corrected chi connectivity index (χ2v) is 6.90. The minimum Gasteiger partial charge on any atom is -0.337 e. The molecular formula is C18H14BrF2N3O. The zero-order valence-electron chi connectivity index (χ0n) is 13.1. The Morgan fingerprint density at radius 3 is 2.88 bits per heavy atom. The van der Waals surface area contributed by atoms with Crippen molar-refractivity contribution in [2.75, 3.05) is 11.4 Å². The number of imidazole rings is 1. The van der Waals surface area contributed by atoms with Gasteiger partial charge in [0.25, 0.3) is 12.3 Å². The number of amides is 1. The van der Waals surface area contributed by atoms with Crippen LogP contribution < -0.4 is 4.90 Å². The van der Waals surface area contributed by atoms with Crippen molar-refractivity contribution >= 4 is 38.6 Å². The van der Waals surface area contributed by atoms with Gasteiger partial charge in [-0.15, -0.1) is 0 Å². The van der Waals surface area contributed by atoms with Crippen LogP contribution in [0.2, 0.25) is 0 Å². The first-order chi connectivity index (χ1) is 12.0. The number of aryl methyl sites for hydroxylation is 1. The third kappa shape index (κ3) is 2.93. The number of nitrogens with zero attached hydrogens (tertiary/aromatic N) is 2. The lowest BCUT2D eigenvalue weighted by atomic mass is 10.0.